The number of hydrogen-bond acceptors (Lipinski definition) is 4. The van der Waals surface area contributed by atoms with Crippen molar-refractivity contribution in [2.24, 2.45) is 0 Å². The Kier molecular flexibility index (Phi) is 6.31. The van der Waals surface area contributed by atoms with E-state index in [1.807, 2.05) is 25.1 Å². The van der Waals surface area contributed by atoms with Gasteiger partial charge in [0.05, 0.1) is 14.2 Å². The molecule has 0 bridgehead atoms. The van der Waals surface area contributed by atoms with Gasteiger partial charge in [-0.1, -0.05) is 12.1 Å². The molecular weight excluding hydrogens is 282 g/mol. The predicted molar refractivity (Wildman–Crippen MR) is 76.1 cm³/mol. The van der Waals surface area contributed by atoms with Crippen molar-refractivity contribution in [3.05, 3.63) is 29.3 Å². The Morgan fingerprint density at radius 1 is 1.35 bits per heavy atom. The number of alkyl halides is 1. The lowest BCUT2D eigenvalue weighted by Crippen LogP contribution is -2.43. The Morgan fingerprint density at radius 2 is 2.05 bits per heavy atom. The lowest BCUT2D eigenvalue weighted by Gasteiger charge is -2.16. The summed E-state index contributed by atoms with van der Waals surface area (Å²) in [5.41, 5.74) is 1.85. The molecule has 0 aliphatic carbocycles. The van der Waals surface area contributed by atoms with Crippen LogP contribution in [0.4, 0.5) is 0 Å². The molecule has 5 nitrogen and oxygen atoms in total. The number of rotatable bonds is 6. The molecule has 1 atom stereocenters. The summed E-state index contributed by atoms with van der Waals surface area (Å²) in [5, 5.41) is 2.53. The van der Waals surface area contributed by atoms with Crippen molar-refractivity contribution < 1.29 is 19.1 Å². The number of halogens is 1. The van der Waals surface area contributed by atoms with Gasteiger partial charge in [0.25, 0.3) is 0 Å². The molecule has 0 aliphatic rings. The Balaban J connectivity index is 2.88. The summed E-state index contributed by atoms with van der Waals surface area (Å²) in [6, 6.07) is 4.84. The number of amides is 1. The zero-order chi connectivity index (χ0) is 15.1. The van der Waals surface area contributed by atoms with Crippen LogP contribution < -0.4 is 10.1 Å². The summed E-state index contributed by atoms with van der Waals surface area (Å²) in [6.07, 6.45) is 0.311. The maximum atomic E-state index is 11.7. The van der Waals surface area contributed by atoms with Crippen LogP contribution in [-0.4, -0.2) is 38.0 Å². The zero-order valence-corrected chi connectivity index (χ0v) is 12.5. The first-order chi connectivity index (χ1) is 9.51. The molecule has 0 heterocycles. The van der Waals surface area contributed by atoms with Crippen LogP contribution in [0.2, 0.25) is 0 Å². The maximum absolute atomic E-state index is 11.7. The average molecular weight is 300 g/mol. The molecule has 1 aromatic rings. The molecule has 0 aliphatic heterocycles. The largest absolute Gasteiger partial charge is 0.496 e. The first-order valence-corrected chi connectivity index (χ1v) is 6.62. The third-order valence-electron chi connectivity index (χ3n) is 2.85. The normalized spacial score (nSPS) is 11.6. The van der Waals surface area contributed by atoms with Crippen LogP contribution in [0.3, 0.4) is 0 Å². The van der Waals surface area contributed by atoms with Crippen molar-refractivity contribution in [2.75, 3.05) is 20.1 Å². The van der Waals surface area contributed by atoms with E-state index in [4.69, 9.17) is 16.3 Å². The van der Waals surface area contributed by atoms with Gasteiger partial charge in [0.1, 0.15) is 17.7 Å². The molecule has 0 fully saturated rings. The van der Waals surface area contributed by atoms with Crippen molar-refractivity contribution in [3.63, 3.8) is 0 Å². The van der Waals surface area contributed by atoms with E-state index in [9.17, 15) is 9.59 Å². The summed E-state index contributed by atoms with van der Waals surface area (Å²) in [4.78, 5) is 23.0. The minimum atomic E-state index is -0.765. The molecule has 0 spiro atoms. The third kappa shape index (κ3) is 4.42. The number of carbonyl (C=O) groups excluding carboxylic acids is 2. The zero-order valence-electron chi connectivity index (χ0n) is 11.7. The van der Waals surface area contributed by atoms with E-state index in [-0.39, 0.29) is 5.88 Å². The van der Waals surface area contributed by atoms with Gasteiger partial charge in [-0.05, 0) is 24.1 Å². The van der Waals surface area contributed by atoms with E-state index >= 15 is 0 Å². The number of aryl methyl sites for hydroxylation is 1. The minimum Gasteiger partial charge on any atom is -0.496 e. The molecule has 0 aromatic heterocycles. The van der Waals surface area contributed by atoms with Crippen molar-refractivity contribution in [3.8, 4) is 5.75 Å². The van der Waals surface area contributed by atoms with Gasteiger partial charge in [-0.15, -0.1) is 11.6 Å². The SMILES string of the molecule is COC(=O)C(Cc1ccc(C)c(OC)c1)NC(=O)CCl. The highest BCUT2D eigenvalue weighted by Crippen LogP contribution is 2.20. The average Bonchev–Trinajstić information content (AvgIpc) is 2.47. The Hall–Kier alpha value is -1.75. The Morgan fingerprint density at radius 3 is 2.60 bits per heavy atom. The van der Waals surface area contributed by atoms with Gasteiger partial charge >= 0.3 is 5.97 Å². The highest BCUT2D eigenvalue weighted by atomic mass is 35.5. The highest BCUT2D eigenvalue weighted by Gasteiger charge is 2.21. The monoisotopic (exact) mass is 299 g/mol. The molecule has 110 valence electrons. The Labute approximate surface area is 123 Å². The van der Waals surface area contributed by atoms with E-state index in [0.29, 0.717) is 6.42 Å². The fraction of sp³-hybridized carbons (Fsp3) is 0.429. The predicted octanol–water partition coefficient (Wildman–Crippen LogP) is 1.44. The summed E-state index contributed by atoms with van der Waals surface area (Å²) in [7, 11) is 2.86. The molecule has 20 heavy (non-hydrogen) atoms. The lowest BCUT2D eigenvalue weighted by molar-refractivity contribution is -0.144. The molecule has 1 unspecified atom stereocenters. The van der Waals surface area contributed by atoms with Crippen LogP contribution in [-0.2, 0) is 20.7 Å². The standard InChI is InChI=1S/C14H18ClNO4/c1-9-4-5-10(7-12(9)19-2)6-11(14(18)20-3)16-13(17)8-15/h4-5,7,11H,6,8H2,1-3H3,(H,16,17). The van der Waals surface area contributed by atoms with E-state index in [0.717, 1.165) is 16.9 Å². The molecule has 6 heteroatoms. The van der Waals surface area contributed by atoms with E-state index in [2.05, 4.69) is 10.1 Å². The molecule has 0 saturated carbocycles. The van der Waals surface area contributed by atoms with Crippen LogP contribution >= 0.6 is 11.6 Å². The maximum Gasteiger partial charge on any atom is 0.328 e. The fourth-order valence-corrected chi connectivity index (χ4v) is 1.87. The summed E-state index contributed by atoms with van der Waals surface area (Å²) < 4.78 is 9.91. The molecule has 1 amide bonds. The highest BCUT2D eigenvalue weighted by molar-refractivity contribution is 6.27. The fourth-order valence-electron chi connectivity index (χ4n) is 1.80. The number of carbonyl (C=O) groups is 2. The molecule has 0 radical (unpaired) electrons. The van der Waals surface area contributed by atoms with Gasteiger partial charge < -0.3 is 14.8 Å². The number of esters is 1. The summed E-state index contributed by atoms with van der Waals surface area (Å²) in [5.74, 6) is -0.399. The van der Waals surface area contributed by atoms with Gasteiger partial charge in [0, 0.05) is 6.42 Å². The van der Waals surface area contributed by atoms with E-state index in [1.54, 1.807) is 7.11 Å². The van der Waals surface area contributed by atoms with Crippen LogP contribution in [0.1, 0.15) is 11.1 Å². The Bertz CT molecular complexity index is 490. The second kappa shape index (κ2) is 7.75. The van der Waals surface area contributed by atoms with Crippen molar-refractivity contribution >= 4 is 23.5 Å². The quantitative estimate of drug-likeness (QED) is 0.638. The van der Waals surface area contributed by atoms with Gasteiger partial charge in [-0.2, -0.15) is 0 Å². The lowest BCUT2D eigenvalue weighted by atomic mass is 10.0. The van der Waals surface area contributed by atoms with E-state index in [1.165, 1.54) is 7.11 Å². The topological polar surface area (TPSA) is 64.6 Å². The number of ether oxygens (including phenoxy) is 2. The second-order valence-corrected chi connectivity index (χ2v) is 4.55. The smallest absolute Gasteiger partial charge is 0.328 e. The first kappa shape index (κ1) is 16.3. The molecule has 1 rings (SSSR count). The summed E-state index contributed by atoms with van der Waals surface area (Å²) in [6.45, 7) is 1.93. The minimum absolute atomic E-state index is 0.204. The van der Waals surface area contributed by atoms with Crippen LogP contribution in [0.25, 0.3) is 0 Å². The van der Waals surface area contributed by atoms with Gasteiger partial charge in [0.2, 0.25) is 5.91 Å². The number of benzene rings is 1. The van der Waals surface area contributed by atoms with Crippen LogP contribution in [0.15, 0.2) is 18.2 Å². The number of nitrogens with one attached hydrogen (secondary N) is 1. The molecule has 1 aromatic carbocycles. The number of hydrogen-bond donors (Lipinski definition) is 1. The van der Waals surface area contributed by atoms with Crippen molar-refractivity contribution in [1.82, 2.24) is 5.32 Å². The van der Waals surface area contributed by atoms with Crippen molar-refractivity contribution in [1.29, 1.82) is 0 Å². The first-order valence-electron chi connectivity index (χ1n) is 6.08. The third-order valence-corrected chi connectivity index (χ3v) is 3.10. The van der Waals surface area contributed by atoms with Gasteiger partial charge in [-0.3, -0.25) is 4.79 Å². The summed E-state index contributed by atoms with van der Waals surface area (Å²) >= 11 is 5.43. The van der Waals surface area contributed by atoms with Gasteiger partial charge in [0.15, 0.2) is 0 Å². The van der Waals surface area contributed by atoms with E-state index < -0.39 is 17.9 Å². The molecule has 0 saturated heterocycles. The second-order valence-electron chi connectivity index (χ2n) is 4.28. The van der Waals surface area contributed by atoms with Gasteiger partial charge in [-0.25, -0.2) is 4.79 Å². The molecular formula is C14H18ClNO4. The van der Waals surface area contributed by atoms with Crippen molar-refractivity contribution in [2.45, 2.75) is 19.4 Å². The van der Waals surface area contributed by atoms with Crippen LogP contribution in [0.5, 0.6) is 5.75 Å². The molecule has 1 N–H and O–H groups in total. The number of methoxy groups -OCH3 is 2. The van der Waals surface area contributed by atoms with Crippen LogP contribution in [0, 0.1) is 6.92 Å².